The van der Waals surface area contributed by atoms with Crippen molar-refractivity contribution in [1.82, 2.24) is 34.3 Å². The number of fused-ring (bicyclic) bond motifs is 2. The molecule has 0 spiro atoms. The van der Waals surface area contributed by atoms with Gasteiger partial charge >= 0.3 is 6.18 Å². The Morgan fingerprint density at radius 1 is 1.27 bits per heavy atom. The Hall–Kier alpha value is -3.92. The molecule has 0 aliphatic heterocycles. The normalized spacial score (nSPS) is 19.4. The van der Waals surface area contributed by atoms with E-state index in [2.05, 4.69) is 41.5 Å². The first kappa shape index (κ1) is 31.1. The van der Waals surface area contributed by atoms with Crippen molar-refractivity contribution >= 4 is 50.8 Å². The Kier molecular flexibility index (Phi) is 7.92. The van der Waals surface area contributed by atoms with Crippen molar-refractivity contribution in [3.05, 3.63) is 66.5 Å². The van der Waals surface area contributed by atoms with E-state index in [0.29, 0.717) is 42.8 Å². The van der Waals surface area contributed by atoms with Gasteiger partial charge in [0.1, 0.15) is 12.2 Å². The molecule has 238 valence electrons. The zero-order chi connectivity index (χ0) is 32.4. The number of aromatic hydroxyl groups is 1. The number of rotatable bonds is 7. The van der Waals surface area contributed by atoms with Crippen molar-refractivity contribution in [3.8, 4) is 5.75 Å². The van der Waals surface area contributed by atoms with E-state index in [4.69, 9.17) is 11.6 Å². The first-order valence-electron chi connectivity index (χ1n) is 14.2. The fourth-order valence-electron chi connectivity index (χ4n) is 6.51. The number of hydrogen-bond acceptors (Lipinski definition) is 7. The molecule has 3 heterocycles. The summed E-state index contributed by atoms with van der Waals surface area (Å²) in [7, 11) is 0. The number of aryl methyl sites for hydroxylation is 1. The summed E-state index contributed by atoms with van der Waals surface area (Å²) < 4.78 is 42.1. The van der Waals surface area contributed by atoms with Crippen molar-refractivity contribution in [2.45, 2.75) is 64.2 Å². The van der Waals surface area contributed by atoms with Crippen LogP contribution in [0, 0.1) is 12.8 Å². The average Bonchev–Trinajstić information content (AvgIpc) is 3.66. The van der Waals surface area contributed by atoms with Gasteiger partial charge in [0, 0.05) is 23.8 Å². The number of halogens is 5. The van der Waals surface area contributed by atoms with E-state index in [1.807, 2.05) is 6.92 Å². The number of amides is 2. The standard InChI is InChI=1S/C28H27BrClF3N8O4/c1-3-39(25(45)22-23(43)12(2)36-37-22)18-8-5-14(18)15-6-9-19-21(15)24(44)41-27(35-26(29)38-41)40(19)11-20(42)34-17-7-4-13(10-16(17)30)28(31,32)33/h4,7,10,14-15,18,43H,3,5-6,8-9,11H2,1-2H3,(H,34,42)(H,36,37). The monoisotopic (exact) mass is 710 g/mol. The van der Waals surface area contributed by atoms with E-state index in [1.165, 1.54) is 0 Å². The van der Waals surface area contributed by atoms with E-state index < -0.39 is 17.6 Å². The molecule has 1 saturated carbocycles. The predicted octanol–water partition coefficient (Wildman–Crippen LogP) is 4.67. The second-order valence-electron chi connectivity index (χ2n) is 11.2. The molecule has 1 fully saturated rings. The summed E-state index contributed by atoms with van der Waals surface area (Å²) in [4.78, 5) is 46.4. The smallest absolute Gasteiger partial charge is 0.416 e. The van der Waals surface area contributed by atoms with Gasteiger partial charge in [-0.3, -0.25) is 19.5 Å². The number of H-pyrrole nitrogens is 1. The lowest BCUT2D eigenvalue weighted by Gasteiger charge is -2.46. The Bertz CT molecular complexity index is 1900. The number of carbonyl (C=O) groups is 2. The van der Waals surface area contributed by atoms with Gasteiger partial charge < -0.3 is 19.9 Å². The molecule has 2 aliphatic rings. The molecule has 12 nitrogen and oxygen atoms in total. The average molecular weight is 712 g/mol. The molecule has 2 aliphatic carbocycles. The SMILES string of the molecule is CCN(C(=O)c1[nH]nc(C)c1O)C1CCC1C1CCc2c1c(=O)n1nc(Br)nc1n2CC(=O)Nc1ccc(C(F)(F)F)cc1Cl. The van der Waals surface area contributed by atoms with E-state index in [0.717, 1.165) is 29.1 Å². The summed E-state index contributed by atoms with van der Waals surface area (Å²) >= 11 is 9.26. The highest BCUT2D eigenvalue weighted by Gasteiger charge is 2.47. The number of aromatic nitrogens is 6. The van der Waals surface area contributed by atoms with Gasteiger partial charge in [-0.15, -0.1) is 5.10 Å². The van der Waals surface area contributed by atoms with Crippen LogP contribution in [0.3, 0.4) is 0 Å². The second-order valence-corrected chi connectivity index (χ2v) is 12.3. The fraction of sp³-hybridized carbons (Fsp3) is 0.429. The Morgan fingerprint density at radius 2 is 2.02 bits per heavy atom. The van der Waals surface area contributed by atoms with Crippen LogP contribution in [0.1, 0.15) is 65.1 Å². The van der Waals surface area contributed by atoms with Gasteiger partial charge in [-0.05, 0) is 85.5 Å². The largest absolute Gasteiger partial charge is 0.504 e. The second kappa shape index (κ2) is 11.5. The molecule has 0 saturated heterocycles. The maximum absolute atomic E-state index is 13.8. The van der Waals surface area contributed by atoms with Crippen LogP contribution in [-0.2, 0) is 23.9 Å². The van der Waals surface area contributed by atoms with Gasteiger partial charge in [0.25, 0.3) is 11.5 Å². The van der Waals surface area contributed by atoms with Crippen LogP contribution in [0.2, 0.25) is 5.02 Å². The van der Waals surface area contributed by atoms with Crippen LogP contribution < -0.4 is 10.9 Å². The highest BCUT2D eigenvalue weighted by Crippen LogP contribution is 2.48. The lowest BCUT2D eigenvalue weighted by molar-refractivity contribution is -0.137. The molecule has 1 aromatic carbocycles. The number of benzene rings is 1. The fourth-order valence-corrected chi connectivity index (χ4v) is 7.05. The van der Waals surface area contributed by atoms with Crippen molar-refractivity contribution in [1.29, 1.82) is 0 Å². The lowest BCUT2D eigenvalue weighted by Crippen LogP contribution is -2.52. The zero-order valence-electron chi connectivity index (χ0n) is 24.0. The van der Waals surface area contributed by atoms with E-state index in [9.17, 15) is 32.7 Å². The number of carbonyl (C=O) groups excluding carboxylic acids is 2. The minimum atomic E-state index is -4.59. The molecule has 0 radical (unpaired) electrons. The van der Waals surface area contributed by atoms with Crippen LogP contribution in [0.15, 0.2) is 27.7 Å². The molecule has 17 heteroatoms. The molecule has 3 atom stereocenters. The van der Waals surface area contributed by atoms with Gasteiger partial charge in [-0.2, -0.15) is 27.8 Å². The van der Waals surface area contributed by atoms with Gasteiger partial charge in [-0.1, -0.05) is 11.6 Å². The molecular weight excluding hydrogens is 685 g/mol. The maximum atomic E-state index is 13.8. The maximum Gasteiger partial charge on any atom is 0.416 e. The van der Waals surface area contributed by atoms with Gasteiger partial charge in [0.05, 0.1) is 16.3 Å². The first-order chi connectivity index (χ1) is 21.3. The number of anilines is 1. The quantitative estimate of drug-likeness (QED) is 0.252. The van der Waals surface area contributed by atoms with E-state index >= 15 is 0 Å². The first-order valence-corrected chi connectivity index (χ1v) is 15.4. The van der Waals surface area contributed by atoms with Gasteiger partial charge in [-0.25, -0.2) is 0 Å². The van der Waals surface area contributed by atoms with Crippen LogP contribution >= 0.6 is 27.5 Å². The predicted molar refractivity (Wildman–Crippen MR) is 159 cm³/mol. The van der Waals surface area contributed by atoms with Gasteiger partial charge in [0.15, 0.2) is 11.4 Å². The minimum absolute atomic E-state index is 0.00373. The van der Waals surface area contributed by atoms with Crippen molar-refractivity contribution in [2.24, 2.45) is 5.92 Å². The molecule has 6 rings (SSSR count). The number of aromatic amines is 1. The summed E-state index contributed by atoms with van der Waals surface area (Å²) in [5.74, 6) is -1.34. The highest BCUT2D eigenvalue weighted by atomic mass is 79.9. The van der Waals surface area contributed by atoms with E-state index in [1.54, 1.807) is 16.4 Å². The Balaban J connectivity index is 1.31. The van der Waals surface area contributed by atoms with Crippen LogP contribution in [0.5, 0.6) is 5.75 Å². The lowest BCUT2D eigenvalue weighted by atomic mass is 9.69. The topological polar surface area (TPSA) is 151 Å². The summed E-state index contributed by atoms with van der Waals surface area (Å²) in [6.07, 6.45) is -2.07. The van der Waals surface area contributed by atoms with Crippen LogP contribution in [0.25, 0.3) is 5.78 Å². The van der Waals surface area contributed by atoms with Crippen molar-refractivity contribution < 1.29 is 27.9 Å². The highest BCUT2D eigenvalue weighted by molar-refractivity contribution is 9.10. The summed E-state index contributed by atoms with van der Waals surface area (Å²) in [5, 5.41) is 23.4. The van der Waals surface area contributed by atoms with Crippen LogP contribution in [0.4, 0.5) is 18.9 Å². The van der Waals surface area contributed by atoms with Crippen molar-refractivity contribution in [3.63, 3.8) is 0 Å². The molecule has 45 heavy (non-hydrogen) atoms. The van der Waals surface area contributed by atoms with Crippen LogP contribution in [-0.4, -0.2) is 63.8 Å². The van der Waals surface area contributed by atoms with E-state index in [-0.39, 0.29) is 68.6 Å². The molecule has 4 aromatic rings. The third-order valence-electron chi connectivity index (χ3n) is 8.74. The molecule has 3 unspecified atom stereocenters. The zero-order valence-corrected chi connectivity index (χ0v) is 26.3. The summed E-state index contributed by atoms with van der Waals surface area (Å²) in [5.41, 5.74) is 0.111. The third kappa shape index (κ3) is 5.37. The molecule has 2 amide bonds. The summed E-state index contributed by atoms with van der Waals surface area (Å²) in [6.45, 7) is 3.50. The molecule has 0 bridgehead atoms. The number of hydrogen-bond donors (Lipinski definition) is 3. The summed E-state index contributed by atoms with van der Waals surface area (Å²) in [6, 6.07) is 2.45. The third-order valence-corrected chi connectivity index (χ3v) is 9.39. The van der Waals surface area contributed by atoms with Crippen molar-refractivity contribution in [2.75, 3.05) is 11.9 Å². The number of alkyl halides is 3. The molecular formula is C28H27BrClF3N8O4. The Morgan fingerprint density at radius 3 is 2.62 bits per heavy atom. The number of nitrogens with zero attached hydrogens (tertiary/aromatic N) is 6. The Labute approximate surface area is 266 Å². The molecule has 3 aromatic heterocycles. The number of nitrogens with one attached hydrogen (secondary N) is 2. The van der Waals surface area contributed by atoms with Gasteiger partial charge in [0.2, 0.25) is 16.4 Å². The molecule has 3 N–H and O–H groups in total. The minimum Gasteiger partial charge on any atom is -0.504 e.